The Kier molecular flexibility index (Phi) is 3.48. The van der Waals surface area contributed by atoms with Gasteiger partial charge in [-0.05, 0) is 25.0 Å². The molecule has 1 aromatic carbocycles. The number of ether oxygens (including phenoxy) is 1. The maximum Gasteiger partial charge on any atom is 0.145 e. The summed E-state index contributed by atoms with van der Waals surface area (Å²) < 4.78 is 8.31. The van der Waals surface area contributed by atoms with Crippen LogP contribution in [-0.4, -0.2) is 38.2 Å². The van der Waals surface area contributed by atoms with Gasteiger partial charge >= 0.3 is 0 Å². The van der Waals surface area contributed by atoms with Gasteiger partial charge in [0.15, 0.2) is 0 Å². The zero-order valence-electron chi connectivity index (χ0n) is 14.3. The topological polar surface area (TPSA) is 56.1 Å². The third kappa shape index (κ3) is 2.63. The van der Waals surface area contributed by atoms with Gasteiger partial charge in [0, 0.05) is 30.6 Å². The fourth-order valence-corrected chi connectivity index (χ4v) is 3.72. The third-order valence-corrected chi connectivity index (χ3v) is 5.02. The van der Waals surface area contributed by atoms with Crippen LogP contribution in [0.3, 0.4) is 0 Å². The molecule has 2 aliphatic heterocycles. The number of para-hydroxylation sites is 1. The quantitative estimate of drug-likeness (QED) is 0.714. The summed E-state index contributed by atoms with van der Waals surface area (Å²) in [5.41, 5.74) is 0.840. The van der Waals surface area contributed by atoms with E-state index in [9.17, 15) is 0 Å². The second kappa shape index (κ2) is 5.98. The summed E-state index contributed by atoms with van der Waals surface area (Å²) in [4.78, 5) is 15.2. The van der Waals surface area contributed by atoms with Gasteiger partial charge in [-0.15, -0.1) is 0 Å². The normalized spacial score (nSPS) is 21.5. The first kappa shape index (κ1) is 15.1. The highest BCUT2D eigenvalue weighted by atomic mass is 16.5. The molecule has 130 valence electrons. The fourth-order valence-electron chi connectivity index (χ4n) is 3.72. The number of nitrogens with zero attached hydrogens (tertiary/aromatic N) is 5. The average Bonchev–Trinajstić information content (AvgIpc) is 3.23. The standard InChI is InChI=1S/C20H19N5O/c1-2-5-17-16(4-1)6-8-20(26-17)7-3-10-24(13-20)18-12-19(23-14-22-18)25-11-9-21-15-25/h1-2,4-6,8-9,11-12,14-15H,3,7,10,13H2. The van der Waals surface area contributed by atoms with E-state index in [1.165, 1.54) is 0 Å². The Bertz CT molecular complexity index is 952. The number of rotatable bonds is 2. The van der Waals surface area contributed by atoms with Gasteiger partial charge in [-0.3, -0.25) is 4.57 Å². The van der Waals surface area contributed by atoms with Crippen LogP contribution >= 0.6 is 0 Å². The Labute approximate surface area is 151 Å². The number of imidazole rings is 1. The van der Waals surface area contributed by atoms with Gasteiger partial charge in [-0.25, -0.2) is 15.0 Å². The molecule has 2 aromatic heterocycles. The first-order valence-corrected chi connectivity index (χ1v) is 8.84. The summed E-state index contributed by atoms with van der Waals surface area (Å²) in [5.74, 6) is 2.69. The Morgan fingerprint density at radius 2 is 2.04 bits per heavy atom. The lowest BCUT2D eigenvalue weighted by Gasteiger charge is -2.43. The van der Waals surface area contributed by atoms with Crippen LogP contribution in [0.1, 0.15) is 18.4 Å². The van der Waals surface area contributed by atoms with Gasteiger partial charge in [-0.1, -0.05) is 24.3 Å². The lowest BCUT2D eigenvalue weighted by atomic mass is 9.89. The predicted octanol–water partition coefficient (Wildman–Crippen LogP) is 3.11. The van der Waals surface area contributed by atoms with Crippen LogP contribution in [0.15, 0.2) is 61.5 Å². The van der Waals surface area contributed by atoms with E-state index in [4.69, 9.17) is 4.74 Å². The van der Waals surface area contributed by atoms with Gasteiger partial charge in [0.05, 0.1) is 6.54 Å². The molecule has 0 N–H and O–H groups in total. The number of benzene rings is 1. The molecule has 6 heteroatoms. The maximum absolute atomic E-state index is 6.43. The van der Waals surface area contributed by atoms with Crippen LogP contribution in [0.4, 0.5) is 5.82 Å². The number of piperidine rings is 1. The van der Waals surface area contributed by atoms with Crippen molar-refractivity contribution in [3.05, 3.63) is 67.0 Å². The van der Waals surface area contributed by atoms with Crippen molar-refractivity contribution in [2.75, 3.05) is 18.0 Å². The van der Waals surface area contributed by atoms with E-state index in [0.717, 1.165) is 48.9 Å². The maximum atomic E-state index is 6.43. The minimum absolute atomic E-state index is 0.299. The minimum Gasteiger partial charge on any atom is -0.481 e. The van der Waals surface area contributed by atoms with Crippen LogP contribution in [0, 0.1) is 0 Å². The zero-order valence-corrected chi connectivity index (χ0v) is 14.3. The summed E-state index contributed by atoms with van der Waals surface area (Å²) in [7, 11) is 0. The van der Waals surface area contributed by atoms with Gasteiger partial charge in [0.1, 0.15) is 35.6 Å². The molecular weight excluding hydrogens is 326 g/mol. The summed E-state index contributed by atoms with van der Waals surface area (Å²) in [6, 6.07) is 10.2. The van der Waals surface area contributed by atoms with Crippen molar-refractivity contribution in [2.24, 2.45) is 0 Å². The Morgan fingerprint density at radius 3 is 2.96 bits per heavy atom. The minimum atomic E-state index is -0.299. The van der Waals surface area contributed by atoms with Gasteiger partial charge in [-0.2, -0.15) is 0 Å². The number of hydrogen-bond acceptors (Lipinski definition) is 5. The molecule has 4 heterocycles. The number of anilines is 1. The molecule has 2 aliphatic rings. The number of fused-ring (bicyclic) bond motifs is 1. The lowest BCUT2D eigenvalue weighted by Crippen LogP contribution is -2.51. The molecule has 5 rings (SSSR count). The monoisotopic (exact) mass is 345 g/mol. The van der Waals surface area contributed by atoms with E-state index in [2.05, 4.69) is 38.1 Å². The second-order valence-electron chi connectivity index (χ2n) is 6.77. The van der Waals surface area contributed by atoms with Crippen LogP contribution in [-0.2, 0) is 0 Å². The van der Waals surface area contributed by atoms with Crippen LogP contribution in [0.5, 0.6) is 5.75 Å². The highest BCUT2D eigenvalue weighted by Crippen LogP contribution is 2.37. The van der Waals surface area contributed by atoms with E-state index in [-0.39, 0.29) is 5.60 Å². The molecule has 1 atom stereocenters. The molecule has 26 heavy (non-hydrogen) atoms. The summed E-state index contributed by atoms with van der Waals surface area (Å²) in [5, 5.41) is 0. The molecule has 0 saturated carbocycles. The molecule has 0 radical (unpaired) electrons. The third-order valence-electron chi connectivity index (χ3n) is 5.02. The number of aromatic nitrogens is 4. The van der Waals surface area contributed by atoms with Crippen molar-refractivity contribution < 1.29 is 4.74 Å². The molecule has 1 spiro atoms. The number of hydrogen-bond donors (Lipinski definition) is 0. The molecule has 3 aromatic rings. The van der Waals surface area contributed by atoms with Gasteiger partial charge < -0.3 is 9.64 Å². The Balaban J connectivity index is 1.43. The largest absolute Gasteiger partial charge is 0.481 e. The van der Waals surface area contributed by atoms with Crippen molar-refractivity contribution >= 4 is 11.9 Å². The van der Waals surface area contributed by atoms with Crippen molar-refractivity contribution in [2.45, 2.75) is 18.4 Å². The summed E-state index contributed by atoms with van der Waals surface area (Å²) in [6.45, 7) is 1.74. The highest BCUT2D eigenvalue weighted by Gasteiger charge is 2.38. The van der Waals surface area contributed by atoms with Gasteiger partial charge in [0.25, 0.3) is 0 Å². The molecule has 6 nitrogen and oxygen atoms in total. The van der Waals surface area contributed by atoms with E-state index in [1.54, 1.807) is 18.9 Å². The second-order valence-corrected chi connectivity index (χ2v) is 6.77. The molecule has 1 unspecified atom stereocenters. The molecule has 0 amide bonds. The lowest BCUT2D eigenvalue weighted by molar-refractivity contribution is 0.0984. The van der Waals surface area contributed by atoms with E-state index < -0.39 is 0 Å². The van der Waals surface area contributed by atoms with Crippen LogP contribution < -0.4 is 9.64 Å². The average molecular weight is 345 g/mol. The summed E-state index contributed by atoms with van der Waals surface area (Å²) >= 11 is 0. The van der Waals surface area contributed by atoms with Crippen LogP contribution in [0.2, 0.25) is 0 Å². The van der Waals surface area contributed by atoms with Crippen molar-refractivity contribution in [1.29, 1.82) is 0 Å². The molecule has 1 fully saturated rings. The molecular formula is C20H19N5O. The first-order valence-electron chi connectivity index (χ1n) is 8.84. The van der Waals surface area contributed by atoms with Crippen molar-refractivity contribution in [3.63, 3.8) is 0 Å². The van der Waals surface area contributed by atoms with E-state index in [0.29, 0.717) is 0 Å². The van der Waals surface area contributed by atoms with Crippen molar-refractivity contribution in [1.82, 2.24) is 19.5 Å². The highest BCUT2D eigenvalue weighted by molar-refractivity contribution is 5.61. The Hall–Kier alpha value is -3.15. The van der Waals surface area contributed by atoms with Gasteiger partial charge in [0.2, 0.25) is 0 Å². The first-order chi connectivity index (χ1) is 12.8. The Morgan fingerprint density at radius 1 is 1.12 bits per heavy atom. The molecule has 0 bridgehead atoms. The molecule has 1 saturated heterocycles. The zero-order chi connectivity index (χ0) is 17.4. The SMILES string of the molecule is C1=CC2(CCCN(c3cc(-n4ccnc4)ncn3)C2)Oc2ccccc21. The molecule has 0 aliphatic carbocycles. The predicted molar refractivity (Wildman–Crippen MR) is 99.4 cm³/mol. The fraction of sp³-hybridized carbons (Fsp3) is 0.250. The summed E-state index contributed by atoms with van der Waals surface area (Å²) in [6.07, 6.45) is 13.4. The smallest absolute Gasteiger partial charge is 0.145 e. The van der Waals surface area contributed by atoms with E-state index in [1.807, 2.05) is 35.0 Å². The van der Waals surface area contributed by atoms with E-state index >= 15 is 0 Å². The van der Waals surface area contributed by atoms with Crippen molar-refractivity contribution in [3.8, 4) is 11.6 Å². The van der Waals surface area contributed by atoms with Crippen LogP contribution in [0.25, 0.3) is 11.9 Å².